The lowest BCUT2D eigenvalue weighted by Crippen LogP contribution is -2.47. The smallest absolute Gasteiger partial charge is 0.410 e. The second-order valence-electron chi connectivity index (χ2n) is 7.01. The molecule has 1 aliphatic heterocycles. The summed E-state index contributed by atoms with van der Waals surface area (Å²) in [6, 6.07) is 0. The quantitative estimate of drug-likeness (QED) is 0.518. The minimum Gasteiger partial charge on any atom is -0.447 e. The first-order chi connectivity index (χ1) is 11.8. The first kappa shape index (κ1) is 23.1. The number of likely N-dealkylation sites (tertiary alicyclic amines) is 1. The van der Waals surface area contributed by atoms with E-state index in [9.17, 15) is 21.6 Å². The molecular formula is C15H29NO8S2. The fourth-order valence-electron chi connectivity index (χ4n) is 2.99. The molecule has 11 heteroatoms. The fourth-order valence-corrected chi connectivity index (χ4v) is 3.76. The van der Waals surface area contributed by atoms with Crippen molar-refractivity contribution >= 4 is 26.3 Å². The van der Waals surface area contributed by atoms with Gasteiger partial charge in [0.2, 0.25) is 0 Å². The van der Waals surface area contributed by atoms with Gasteiger partial charge >= 0.3 is 6.09 Å². The van der Waals surface area contributed by atoms with Crippen molar-refractivity contribution in [1.29, 1.82) is 0 Å². The van der Waals surface area contributed by atoms with Crippen molar-refractivity contribution in [2.24, 2.45) is 5.41 Å². The maximum Gasteiger partial charge on any atom is 0.410 e. The molecule has 0 unspecified atom stereocenters. The molecule has 1 saturated heterocycles. The van der Waals surface area contributed by atoms with Crippen LogP contribution in [0.5, 0.6) is 0 Å². The van der Waals surface area contributed by atoms with Crippen LogP contribution >= 0.6 is 0 Å². The molecule has 0 aliphatic carbocycles. The van der Waals surface area contributed by atoms with E-state index in [2.05, 4.69) is 0 Å². The predicted octanol–water partition coefficient (Wildman–Crippen LogP) is 1.35. The Balaban J connectivity index is 2.82. The summed E-state index contributed by atoms with van der Waals surface area (Å²) in [5.74, 6) is 0. The summed E-state index contributed by atoms with van der Waals surface area (Å²) in [7, 11) is -7.15. The Kier molecular flexibility index (Phi) is 8.31. The second-order valence-corrected chi connectivity index (χ2v) is 10.3. The summed E-state index contributed by atoms with van der Waals surface area (Å²) < 4.78 is 59.7. The van der Waals surface area contributed by atoms with Crippen molar-refractivity contribution in [2.45, 2.75) is 45.6 Å². The third kappa shape index (κ3) is 9.15. The van der Waals surface area contributed by atoms with Crippen LogP contribution in [0.1, 0.15) is 39.5 Å². The van der Waals surface area contributed by atoms with Crippen molar-refractivity contribution in [1.82, 2.24) is 4.90 Å². The summed E-state index contributed by atoms with van der Waals surface area (Å²) in [6.45, 7) is 4.31. The van der Waals surface area contributed by atoms with Crippen molar-refractivity contribution in [3.63, 3.8) is 0 Å². The van der Waals surface area contributed by atoms with Crippen LogP contribution in [-0.2, 0) is 33.3 Å². The average Bonchev–Trinajstić information content (AvgIpc) is 2.44. The third-order valence-corrected chi connectivity index (χ3v) is 5.31. The zero-order valence-corrected chi connectivity index (χ0v) is 17.4. The van der Waals surface area contributed by atoms with E-state index in [4.69, 9.17) is 13.1 Å². The van der Waals surface area contributed by atoms with E-state index in [1.165, 1.54) is 0 Å². The number of rotatable bonds is 9. The van der Waals surface area contributed by atoms with E-state index >= 15 is 0 Å². The standard InChI is InChI=1S/C15H29NO8S2/c1-13(2)24-14(17)16-9-5-6-15(12-16,7-10-22-25(3,18)19)8-11-23-26(4,20)21/h13H,5-12H2,1-4H3. The second kappa shape index (κ2) is 9.34. The molecule has 0 atom stereocenters. The van der Waals surface area contributed by atoms with Crippen molar-refractivity contribution < 1.29 is 34.7 Å². The Hall–Kier alpha value is -0.910. The number of piperidine rings is 1. The highest BCUT2D eigenvalue weighted by Crippen LogP contribution is 2.37. The highest BCUT2D eigenvalue weighted by Gasteiger charge is 2.38. The zero-order valence-electron chi connectivity index (χ0n) is 15.8. The first-order valence-electron chi connectivity index (χ1n) is 8.46. The summed E-state index contributed by atoms with van der Waals surface area (Å²) in [4.78, 5) is 13.8. The largest absolute Gasteiger partial charge is 0.447 e. The Labute approximate surface area is 156 Å². The minimum atomic E-state index is -3.57. The lowest BCUT2D eigenvalue weighted by molar-refractivity contribution is 0.0235. The van der Waals surface area contributed by atoms with Gasteiger partial charge in [-0.25, -0.2) is 4.79 Å². The van der Waals surface area contributed by atoms with E-state index in [0.717, 1.165) is 12.5 Å². The highest BCUT2D eigenvalue weighted by molar-refractivity contribution is 7.86. The van der Waals surface area contributed by atoms with Gasteiger partial charge in [-0.3, -0.25) is 8.37 Å². The van der Waals surface area contributed by atoms with Gasteiger partial charge in [0.05, 0.1) is 31.8 Å². The summed E-state index contributed by atoms with van der Waals surface area (Å²) in [5, 5.41) is 0. The molecule has 0 radical (unpaired) electrons. The van der Waals surface area contributed by atoms with Gasteiger partial charge in [-0.15, -0.1) is 0 Å². The molecule has 1 aliphatic rings. The molecule has 1 heterocycles. The molecule has 0 aromatic carbocycles. The molecule has 0 aromatic rings. The lowest BCUT2D eigenvalue weighted by Gasteiger charge is -2.42. The molecule has 154 valence electrons. The molecule has 0 saturated carbocycles. The molecule has 0 spiro atoms. The van der Waals surface area contributed by atoms with Crippen LogP contribution in [0, 0.1) is 5.41 Å². The lowest BCUT2D eigenvalue weighted by atomic mass is 9.75. The average molecular weight is 416 g/mol. The van der Waals surface area contributed by atoms with Gasteiger partial charge in [0.15, 0.2) is 0 Å². The molecule has 1 fully saturated rings. The van der Waals surface area contributed by atoms with Crippen LogP contribution in [0.2, 0.25) is 0 Å². The van der Waals surface area contributed by atoms with Crippen LogP contribution in [0.3, 0.4) is 0 Å². The molecule has 0 N–H and O–H groups in total. The number of amides is 1. The molecule has 9 nitrogen and oxygen atoms in total. The Morgan fingerprint density at radius 1 is 1.04 bits per heavy atom. The maximum atomic E-state index is 12.2. The molecular weight excluding hydrogens is 386 g/mol. The normalized spacial score (nSPS) is 18.1. The number of ether oxygens (including phenoxy) is 1. The SMILES string of the molecule is CC(C)OC(=O)N1CCCC(CCOS(C)(=O)=O)(CCOS(C)(=O)=O)C1. The number of nitrogens with zero attached hydrogens (tertiary/aromatic N) is 1. The Morgan fingerprint density at radius 2 is 1.54 bits per heavy atom. The molecule has 1 rings (SSSR count). The van der Waals surface area contributed by atoms with Crippen molar-refractivity contribution in [3.05, 3.63) is 0 Å². The van der Waals surface area contributed by atoms with E-state index in [-0.39, 0.29) is 19.3 Å². The summed E-state index contributed by atoms with van der Waals surface area (Å²) >= 11 is 0. The predicted molar refractivity (Wildman–Crippen MR) is 95.7 cm³/mol. The van der Waals surface area contributed by atoms with Crippen LogP contribution in [-0.4, -0.2) is 72.7 Å². The van der Waals surface area contributed by atoms with E-state index in [1.54, 1.807) is 18.7 Å². The maximum absolute atomic E-state index is 12.2. The highest BCUT2D eigenvalue weighted by atomic mass is 32.2. The fraction of sp³-hybridized carbons (Fsp3) is 0.933. The van der Waals surface area contributed by atoms with Gasteiger partial charge in [0.25, 0.3) is 20.2 Å². The topological polar surface area (TPSA) is 116 Å². The summed E-state index contributed by atoms with van der Waals surface area (Å²) in [6.07, 6.45) is 3.39. The van der Waals surface area contributed by atoms with Crippen LogP contribution in [0.15, 0.2) is 0 Å². The Bertz CT molecular complexity index is 634. The molecule has 1 amide bonds. The van der Waals surface area contributed by atoms with Gasteiger partial charge in [0.1, 0.15) is 0 Å². The first-order valence-corrected chi connectivity index (χ1v) is 12.1. The molecule has 26 heavy (non-hydrogen) atoms. The number of carbonyl (C=O) groups is 1. The van der Waals surface area contributed by atoms with Gasteiger partial charge in [-0.1, -0.05) is 0 Å². The van der Waals surface area contributed by atoms with Gasteiger partial charge in [0, 0.05) is 13.1 Å². The Morgan fingerprint density at radius 3 is 1.96 bits per heavy atom. The van der Waals surface area contributed by atoms with E-state index in [0.29, 0.717) is 38.8 Å². The van der Waals surface area contributed by atoms with E-state index < -0.39 is 31.7 Å². The third-order valence-electron chi connectivity index (χ3n) is 4.12. The van der Waals surface area contributed by atoms with Gasteiger partial charge < -0.3 is 9.64 Å². The minimum absolute atomic E-state index is 0.0369. The molecule has 0 bridgehead atoms. The van der Waals surface area contributed by atoms with Crippen molar-refractivity contribution in [2.75, 3.05) is 38.8 Å². The number of carbonyl (C=O) groups excluding carboxylic acids is 1. The summed E-state index contributed by atoms with van der Waals surface area (Å²) in [5.41, 5.74) is -0.496. The van der Waals surface area contributed by atoms with Crippen molar-refractivity contribution in [3.8, 4) is 0 Å². The van der Waals surface area contributed by atoms with Gasteiger partial charge in [-0.05, 0) is 44.9 Å². The van der Waals surface area contributed by atoms with Crippen LogP contribution < -0.4 is 0 Å². The van der Waals surface area contributed by atoms with Gasteiger partial charge in [-0.2, -0.15) is 16.8 Å². The van der Waals surface area contributed by atoms with Crippen LogP contribution in [0.4, 0.5) is 4.79 Å². The van der Waals surface area contributed by atoms with Crippen LogP contribution in [0.25, 0.3) is 0 Å². The number of hydrogen-bond donors (Lipinski definition) is 0. The van der Waals surface area contributed by atoms with E-state index in [1.807, 2.05) is 0 Å². The monoisotopic (exact) mass is 415 g/mol. The number of hydrogen-bond acceptors (Lipinski definition) is 8. The molecule has 0 aromatic heterocycles. The zero-order chi connectivity index (χ0) is 20.0.